The molecule has 1 fully saturated rings. The zero-order chi connectivity index (χ0) is 15.2. The first-order valence-electron chi connectivity index (χ1n) is 6.35. The molecule has 1 saturated heterocycles. The molecule has 0 saturated carbocycles. The van der Waals surface area contributed by atoms with Crippen LogP contribution in [0, 0.1) is 0 Å². The summed E-state index contributed by atoms with van der Waals surface area (Å²) >= 11 is 0. The molecule has 1 aromatic rings. The Morgan fingerprint density at radius 1 is 1.62 bits per heavy atom. The summed E-state index contributed by atoms with van der Waals surface area (Å²) in [5.74, 6) is 0.294. The lowest BCUT2D eigenvalue weighted by Gasteiger charge is -2.32. The van der Waals surface area contributed by atoms with Gasteiger partial charge < -0.3 is 14.4 Å². The first-order valence-corrected chi connectivity index (χ1v) is 6.35. The number of urea groups is 1. The smallest absolute Gasteiger partial charge is 0.323 e. The second-order valence-electron chi connectivity index (χ2n) is 4.45. The van der Waals surface area contributed by atoms with Gasteiger partial charge in [0.15, 0.2) is 0 Å². The van der Waals surface area contributed by atoms with E-state index in [9.17, 15) is 13.6 Å². The van der Waals surface area contributed by atoms with Crippen molar-refractivity contribution in [1.29, 1.82) is 0 Å². The first-order chi connectivity index (χ1) is 10.1. The first kappa shape index (κ1) is 15.5. The van der Waals surface area contributed by atoms with E-state index in [1.807, 2.05) is 0 Å². The molecule has 1 atom stereocenters. The number of morpholine rings is 1. The van der Waals surface area contributed by atoms with Crippen molar-refractivity contribution in [3.05, 3.63) is 18.1 Å². The lowest BCUT2D eigenvalue weighted by Crippen LogP contribution is -2.49. The van der Waals surface area contributed by atoms with E-state index >= 15 is 0 Å². The number of aromatic nitrogens is 2. The molecule has 1 aliphatic heterocycles. The van der Waals surface area contributed by atoms with Crippen LogP contribution < -0.4 is 5.32 Å². The highest BCUT2D eigenvalue weighted by Gasteiger charge is 2.30. The number of halogens is 2. The number of rotatable bonds is 4. The number of carbonyl (C=O) groups excluding carboxylic acids is 1. The van der Waals surface area contributed by atoms with Crippen molar-refractivity contribution >= 4 is 11.8 Å². The lowest BCUT2D eigenvalue weighted by atomic mass is 10.3. The molecule has 0 radical (unpaired) electrons. The minimum Gasteiger partial charge on any atom is -0.378 e. The van der Waals surface area contributed by atoms with Crippen LogP contribution in [0.1, 0.15) is 5.69 Å². The van der Waals surface area contributed by atoms with Crippen LogP contribution in [0.5, 0.6) is 0 Å². The van der Waals surface area contributed by atoms with E-state index in [1.54, 1.807) is 6.07 Å². The SMILES string of the molecule is COCc1cc(NC(=O)N2CCOC(C(F)F)C2)ncn1. The van der Waals surface area contributed by atoms with E-state index in [0.29, 0.717) is 11.5 Å². The van der Waals surface area contributed by atoms with Crippen molar-refractivity contribution < 1.29 is 23.0 Å². The van der Waals surface area contributed by atoms with Crippen molar-refractivity contribution in [2.75, 3.05) is 32.1 Å². The number of anilines is 1. The molecule has 2 amide bonds. The van der Waals surface area contributed by atoms with Crippen molar-refractivity contribution in [1.82, 2.24) is 14.9 Å². The minimum atomic E-state index is -2.62. The molecule has 9 heteroatoms. The Hall–Kier alpha value is -1.87. The molecule has 1 N–H and O–H groups in total. The van der Waals surface area contributed by atoms with E-state index < -0.39 is 18.6 Å². The Labute approximate surface area is 120 Å². The maximum atomic E-state index is 12.6. The van der Waals surface area contributed by atoms with Crippen LogP contribution in [0.4, 0.5) is 19.4 Å². The van der Waals surface area contributed by atoms with Gasteiger partial charge in [0.25, 0.3) is 6.43 Å². The normalized spacial score (nSPS) is 18.9. The Bertz CT molecular complexity index is 489. The lowest BCUT2D eigenvalue weighted by molar-refractivity contribution is -0.0916. The zero-order valence-electron chi connectivity index (χ0n) is 11.5. The van der Waals surface area contributed by atoms with Gasteiger partial charge in [0.2, 0.25) is 0 Å². The van der Waals surface area contributed by atoms with Crippen LogP contribution in [0.15, 0.2) is 12.4 Å². The molecule has 7 nitrogen and oxygen atoms in total. The third kappa shape index (κ3) is 4.30. The Morgan fingerprint density at radius 3 is 3.14 bits per heavy atom. The highest BCUT2D eigenvalue weighted by Crippen LogP contribution is 2.14. The van der Waals surface area contributed by atoms with E-state index in [2.05, 4.69) is 15.3 Å². The van der Waals surface area contributed by atoms with E-state index in [4.69, 9.17) is 9.47 Å². The summed E-state index contributed by atoms with van der Waals surface area (Å²) < 4.78 is 35.0. The summed E-state index contributed by atoms with van der Waals surface area (Å²) in [5, 5.41) is 2.55. The fraction of sp³-hybridized carbons (Fsp3) is 0.583. The largest absolute Gasteiger partial charge is 0.378 e. The van der Waals surface area contributed by atoms with Gasteiger partial charge in [0.1, 0.15) is 18.2 Å². The highest BCUT2D eigenvalue weighted by atomic mass is 19.3. The third-order valence-corrected chi connectivity index (χ3v) is 2.91. The average molecular weight is 302 g/mol. The average Bonchev–Trinajstić information content (AvgIpc) is 2.48. The number of alkyl halides is 2. The molecule has 1 aliphatic rings. The molecule has 0 aliphatic carbocycles. The standard InChI is InChI=1S/C12H16F2N4O3/c1-20-6-8-4-10(16-7-15-8)17-12(19)18-2-3-21-9(5-18)11(13)14/h4,7,9,11H,2-3,5-6H2,1H3,(H,15,16,17,19). The quantitative estimate of drug-likeness (QED) is 0.902. The van der Waals surface area contributed by atoms with Gasteiger partial charge >= 0.3 is 6.03 Å². The van der Waals surface area contributed by atoms with Gasteiger partial charge in [0.05, 0.1) is 25.5 Å². The Kier molecular flexibility index (Phi) is 5.34. The summed E-state index contributed by atoms with van der Waals surface area (Å²) in [6, 6.07) is 1.07. The molecule has 116 valence electrons. The van der Waals surface area contributed by atoms with Crippen LogP contribution in [0.25, 0.3) is 0 Å². The molecule has 0 aromatic carbocycles. The van der Waals surface area contributed by atoms with E-state index in [-0.39, 0.29) is 26.3 Å². The van der Waals surface area contributed by atoms with Gasteiger partial charge in [0, 0.05) is 19.7 Å². The molecule has 1 aromatic heterocycles. The van der Waals surface area contributed by atoms with Crippen LogP contribution in [0.2, 0.25) is 0 Å². The van der Waals surface area contributed by atoms with Crippen molar-refractivity contribution in [2.45, 2.75) is 19.1 Å². The molecule has 0 spiro atoms. The number of nitrogens with zero attached hydrogens (tertiary/aromatic N) is 3. The summed E-state index contributed by atoms with van der Waals surface area (Å²) in [5.41, 5.74) is 0.607. The summed E-state index contributed by atoms with van der Waals surface area (Å²) in [6.07, 6.45) is -2.57. The number of hydrogen-bond acceptors (Lipinski definition) is 5. The summed E-state index contributed by atoms with van der Waals surface area (Å²) in [6.45, 7) is 0.474. The minimum absolute atomic E-state index is 0.0844. The van der Waals surface area contributed by atoms with Gasteiger partial charge in [-0.05, 0) is 0 Å². The number of amides is 2. The maximum absolute atomic E-state index is 12.6. The van der Waals surface area contributed by atoms with E-state index in [1.165, 1.54) is 18.3 Å². The molecule has 0 bridgehead atoms. The predicted octanol–water partition coefficient (Wildman–Crippen LogP) is 1.12. The summed E-state index contributed by atoms with van der Waals surface area (Å²) in [4.78, 5) is 21.2. The Balaban J connectivity index is 1.96. The fourth-order valence-electron chi connectivity index (χ4n) is 1.89. The highest BCUT2D eigenvalue weighted by molar-refractivity contribution is 5.88. The van der Waals surface area contributed by atoms with Crippen molar-refractivity contribution in [3.63, 3.8) is 0 Å². The second-order valence-corrected chi connectivity index (χ2v) is 4.45. The van der Waals surface area contributed by atoms with Gasteiger partial charge in [-0.1, -0.05) is 0 Å². The monoisotopic (exact) mass is 302 g/mol. The maximum Gasteiger partial charge on any atom is 0.323 e. The van der Waals surface area contributed by atoms with Gasteiger partial charge in [-0.3, -0.25) is 5.32 Å². The number of hydrogen-bond donors (Lipinski definition) is 1. The topological polar surface area (TPSA) is 76.6 Å². The molecular weight excluding hydrogens is 286 g/mol. The second kappa shape index (κ2) is 7.23. The zero-order valence-corrected chi connectivity index (χ0v) is 11.5. The molecule has 2 rings (SSSR count). The third-order valence-electron chi connectivity index (χ3n) is 2.91. The Morgan fingerprint density at radius 2 is 2.43 bits per heavy atom. The number of ether oxygens (including phenoxy) is 2. The van der Waals surface area contributed by atoms with Gasteiger partial charge in [-0.2, -0.15) is 0 Å². The predicted molar refractivity (Wildman–Crippen MR) is 69.1 cm³/mol. The molecule has 1 unspecified atom stereocenters. The van der Waals surface area contributed by atoms with Crippen molar-refractivity contribution in [2.24, 2.45) is 0 Å². The number of methoxy groups -OCH3 is 1. The fourth-order valence-corrected chi connectivity index (χ4v) is 1.89. The number of carbonyl (C=O) groups is 1. The number of nitrogens with one attached hydrogen (secondary N) is 1. The van der Waals surface area contributed by atoms with Crippen LogP contribution in [-0.2, 0) is 16.1 Å². The van der Waals surface area contributed by atoms with Crippen LogP contribution in [0.3, 0.4) is 0 Å². The van der Waals surface area contributed by atoms with Crippen molar-refractivity contribution in [3.8, 4) is 0 Å². The van der Waals surface area contributed by atoms with E-state index in [0.717, 1.165) is 0 Å². The van der Waals surface area contributed by atoms with Crippen LogP contribution >= 0.6 is 0 Å². The van der Waals surface area contributed by atoms with Crippen LogP contribution in [-0.4, -0.2) is 60.2 Å². The summed E-state index contributed by atoms with van der Waals surface area (Å²) in [7, 11) is 1.53. The molecule has 2 heterocycles. The van der Waals surface area contributed by atoms with Gasteiger partial charge in [-0.15, -0.1) is 0 Å². The molecular formula is C12H16F2N4O3. The molecule has 21 heavy (non-hydrogen) atoms. The van der Waals surface area contributed by atoms with Gasteiger partial charge in [-0.25, -0.2) is 23.5 Å².